The van der Waals surface area contributed by atoms with Crippen LogP contribution in [-0.4, -0.2) is 17.9 Å². The van der Waals surface area contributed by atoms with Crippen molar-refractivity contribution in [2.75, 3.05) is 0 Å². The molecule has 0 aromatic heterocycles. The van der Waals surface area contributed by atoms with Crippen molar-refractivity contribution in [3.8, 4) is 0 Å². The Morgan fingerprint density at radius 1 is 1.04 bits per heavy atom. The lowest BCUT2D eigenvalue weighted by Gasteiger charge is -2.15. The van der Waals surface area contributed by atoms with Crippen molar-refractivity contribution in [1.82, 2.24) is 5.32 Å². The number of aryl methyl sites for hydroxylation is 1. The van der Waals surface area contributed by atoms with Gasteiger partial charge in [0.25, 0.3) is 0 Å². The molecule has 0 spiro atoms. The number of nitrogens with two attached hydrogens (primary N) is 1. The lowest BCUT2D eigenvalue weighted by molar-refractivity contribution is -0.125. The Hall–Kier alpha value is -2.33. The number of carbonyl (C=O) groups is 2. The molecule has 0 bridgehead atoms. The van der Waals surface area contributed by atoms with Crippen molar-refractivity contribution in [2.45, 2.75) is 25.3 Å². The van der Waals surface area contributed by atoms with E-state index in [-0.39, 0.29) is 5.91 Å². The fourth-order valence-electron chi connectivity index (χ4n) is 2.32. The van der Waals surface area contributed by atoms with E-state index in [1.807, 2.05) is 42.5 Å². The molecule has 0 saturated heterocycles. The van der Waals surface area contributed by atoms with Crippen LogP contribution in [0.25, 0.3) is 0 Å². The molecule has 0 aliphatic rings. The third-order valence-corrected chi connectivity index (χ3v) is 3.87. The van der Waals surface area contributed by atoms with E-state index in [1.54, 1.807) is 18.6 Å². The molecule has 4 nitrogen and oxygen atoms in total. The molecule has 3 N–H and O–H groups in total. The second kappa shape index (κ2) is 9.08. The summed E-state index contributed by atoms with van der Waals surface area (Å²) in [5.74, 6) is -0.849. The number of primary amides is 1. The molecule has 2 rings (SSSR count). The molecule has 2 aromatic carbocycles. The number of benzene rings is 2. The molecule has 0 aliphatic carbocycles. The normalized spacial score (nSPS) is 11.7. The van der Waals surface area contributed by atoms with Crippen LogP contribution in [0.3, 0.4) is 0 Å². The minimum atomic E-state index is -0.744. The maximum absolute atomic E-state index is 12.0. The van der Waals surface area contributed by atoms with Crippen LogP contribution in [0, 0.1) is 6.42 Å². The molecule has 0 fully saturated rings. The first-order valence-electron chi connectivity index (χ1n) is 7.76. The number of nitrogens with one attached hydrogen (secondary N) is 1. The van der Waals surface area contributed by atoms with Gasteiger partial charge in [0.15, 0.2) is 0 Å². The van der Waals surface area contributed by atoms with Gasteiger partial charge in [0.05, 0.1) is 0 Å². The van der Waals surface area contributed by atoms with Crippen molar-refractivity contribution >= 4 is 23.4 Å². The number of hydrogen-bond acceptors (Lipinski definition) is 2. The summed E-state index contributed by atoms with van der Waals surface area (Å²) in [6.45, 7) is 0. The van der Waals surface area contributed by atoms with E-state index in [4.69, 9.17) is 17.3 Å². The highest BCUT2D eigenvalue weighted by molar-refractivity contribution is 6.30. The summed E-state index contributed by atoms with van der Waals surface area (Å²) >= 11 is 5.84. The molecular weight excluding hydrogens is 324 g/mol. The van der Waals surface area contributed by atoms with Crippen LogP contribution in [0.5, 0.6) is 0 Å². The van der Waals surface area contributed by atoms with Crippen LogP contribution in [0.2, 0.25) is 5.02 Å². The fraction of sp³-hybridized carbons (Fsp3) is 0.211. The third-order valence-electron chi connectivity index (χ3n) is 3.62. The average Bonchev–Trinajstić information content (AvgIpc) is 2.57. The summed E-state index contributed by atoms with van der Waals surface area (Å²) in [6.07, 6.45) is 3.25. The molecule has 2 amide bonds. The lowest BCUT2D eigenvalue weighted by atomic mass is 10.0. The van der Waals surface area contributed by atoms with Crippen molar-refractivity contribution in [3.63, 3.8) is 0 Å². The standard InChI is InChI=1S/C19H20ClN2O2/c20-16-11-9-15(10-12-16)13-17(19(21)24)22-18(23)8-4-7-14-5-2-1-3-6-14/h1-3,5-6,8-12,17H,4,7,13H2,(H2,21,24)(H,22,23)/t17-/m0/s1. The molecule has 1 radical (unpaired) electrons. The number of halogens is 1. The van der Waals surface area contributed by atoms with Gasteiger partial charge in [-0.25, -0.2) is 0 Å². The Bertz CT molecular complexity index is 672. The number of amides is 2. The number of carbonyl (C=O) groups excluding carboxylic acids is 2. The lowest BCUT2D eigenvalue weighted by Crippen LogP contribution is -2.45. The van der Waals surface area contributed by atoms with E-state index >= 15 is 0 Å². The first-order chi connectivity index (χ1) is 11.5. The molecular formula is C19H20ClN2O2. The van der Waals surface area contributed by atoms with Crippen molar-refractivity contribution in [1.29, 1.82) is 0 Å². The smallest absolute Gasteiger partial charge is 0.240 e. The molecule has 2 aromatic rings. The van der Waals surface area contributed by atoms with Crippen LogP contribution in [-0.2, 0) is 22.4 Å². The zero-order chi connectivity index (χ0) is 17.4. The summed E-state index contributed by atoms with van der Waals surface area (Å²) in [6, 6.07) is 16.3. The summed E-state index contributed by atoms with van der Waals surface area (Å²) in [5.41, 5.74) is 7.43. The first kappa shape index (κ1) is 18.0. The van der Waals surface area contributed by atoms with E-state index < -0.39 is 11.9 Å². The second-order valence-corrected chi connectivity index (χ2v) is 5.96. The average molecular weight is 344 g/mol. The quantitative estimate of drug-likeness (QED) is 0.773. The second-order valence-electron chi connectivity index (χ2n) is 5.52. The van der Waals surface area contributed by atoms with Gasteiger partial charge in [-0.15, -0.1) is 0 Å². The molecule has 0 saturated carbocycles. The van der Waals surface area contributed by atoms with Gasteiger partial charge in [-0.3, -0.25) is 9.59 Å². The predicted octanol–water partition coefficient (Wildman–Crippen LogP) is 2.69. The Morgan fingerprint density at radius 3 is 2.33 bits per heavy atom. The Balaban J connectivity index is 1.82. The van der Waals surface area contributed by atoms with E-state index in [2.05, 4.69) is 5.32 Å². The fourth-order valence-corrected chi connectivity index (χ4v) is 2.45. The van der Waals surface area contributed by atoms with Crippen molar-refractivity contribution < 1.29 is 9.59 Å². The van der Waals surface area contributed by atoms with E-state index in [0.29, 0.717) is 17.9 Å². The zero-order valence-electron chi connectivity index (χ0n) is 13.2. The number of rotatable bonds is 8. The molecule has 125 valence electrons. The maximum Gasteiger partial charge on any atom is 0.240 e. The first-order valence-corrected chi connectivity index (χ1v) is 8.14. The molecule has 1 atom stereocenters. The molecule has 0 heterocycles. The minimum absolute atomic E-state index is 0.288. The van der Waals surface area contributed by atoms with Gasteiger partial charge in [0.2, 0.25) is 11.8 Å². The van der Waals surface area contributed by atoms with E-state index in [9.17, 15) is 9.59 Å². The maximum atomic E-state index is 12.0. The summed E-state index contributed by atoms with van der Waals surface area (Å²) < 4.78 is 0. The largest absolute Gasteiger partial charge is 0.368 e. The third kappa shape index (κ3) is 6.05. The SMILES string of the molecule is NC(=O)[C@H](Cc1ccc(Cl)cc1)NC(=O)[CH]CCc1ccccc1. The van der Waals surface area contributed by atoms with Gasteiger partial charge in [-0.05, 0) is 36.1 Å². The van der Waals surface area contributed by atoms with Gasteiger partial charge in [-0.1, -0.05) is 54.1 Å². The van der Waals surface area contributed by atoms with Crippen LogP contribution in [0.4, 0.5) is 0 Å². The van der Waals surface area contributed by atoms with Crippen molar-refractivity contribution in [2.24, 2.45) is 5.73 Å². The summed E-state index contributed by atoms with van der Waals surface area (Å²) in [4.78, 5) is 23.6. The van der Waals surface area contributed by atoms with Gasteiger partial charge in [0, 0.05) is 17.9 Å². The highest BCUT2D eigenvalue weighted by Crippen LogP contribution is 2.11. The van der Waals surface area contributed by atoms with E-state index in [0.717, 1.165) is 17.5 Å². The number of hydrogen-bond donors (Lipinski definition) is 2. The van der Waals surface area contributed by atoms with Gasteiger partial charge in [0.1, 0.15) is 6.04 Å². The summed E-state index contributed by atoms with van der Waals surface area (Å²) in [5, 5.41) is 3.28. The van der Waals surface area contributed by atoms with Gasteiger partial charge >= 0.3 is 0 Å². The topological polar surface area (TPSA) is 72.2 Å². The summed E-state index contributed by atoms with van der Waals surface area (Å²) in [7, 11) is 0. The monoisotopic (exact) mass is 343 g/mol. The predicted molar refractivity (Wildman–Crippen MR) is 95.3 cm³/mol. The van der Waals surface area contributed by atoms with Crippen LogP contribution >= 0.6 is 11.6 Å². The Labute approximate surface area is 147 Å². The zero-order valence-corrected chi connectivity index (χ0v) is 14.0. The van der Waals surface area contributed by atoms with E-state index in [1.165, 1.54) is 0 Å². The molecule has 24 heavy (non-hydrogen) atoms. The van der Waals surface area contributed by atoms with Crippen LogP contribution in [0.15, 0.2) is 54.6 Å². The molecule has 0 aliphatic heterocycles. The van der Waals surface area contributed by atoms with Crippen LogP contribution < -0.4 is 11.1 Å². The molecule has 5 heteroatoms. The van der Waals surface area contributed by atoms with Gasteiger partial charge in [-0.2, -0.15) is 0 Å². The highest BCUT2D eigenvalue weighted by Gasteiger charge is 2.18. The van der Waals surface area contributed by atoms with Crippen molar-refractivity contribution in [3.05, 3.63) is 77.2 Å². The minimum Gasteiger partial charge on any atom is -0.368 e. The highest BCUT2D eigenvalue weighted by atomic mass is 35.5. The van der Waals surface area contributed by atoms with Crippen LogP contribution in [0.1, 0.15) is 17.5 Å². The Kier molecular flexibility index (Phi) is 6.82. The molecule has 0 unspecified atom stereocenters. The van der Waals surface area contributed by atoms with Gasteiger partial charge < -0.3 is 11.1 Å². The Morgan fingerprint density at radius 2 is 1.71 bits per heavy atom.